The Hall–Kier alpha value is -2.06. The zero-order valence-corrected chi connectivity index (χ0v) is 19.3. The molecule has 0 radical (unpaired) electrons. The molecule has 2 aromatic rings. The van der Waals surface area contributed by atoms with Crippen molar-refractivity contribution in [2.45, 2.75) is 32.6 Å². The van der Waals surface area contributed by atoms with Gasteiger partial charge in [-0.25, -0.2) is 0 Å². The lowest BCUT2D eigenvalue weighted by atomic mass is 10.2. The molecule has 8 heteroatoms. The highest BCUT2D eigenvalue weighted by Gasteiger charge is 2.09. The van der Waals surface area contributed by atoms with Crippen molar-refractivity contribution in [3.05, 3.63) is 57.0 Å². The van der Waals surface area contributed by atoms with Crippen molar-refractivity contribution >= 4 is 43.7 Å². The molecule has 0 atom stereocenters. The average Bonchev–Trinajstić information content (AvgIpc) is 2.71. The van der Waals surface area contributed by atoms with E-state index in [0.29, 0.717) is 17.9 Å². The number of amides is 2. The van der Waals surface area contributed by atoms with E-state index < -0.39 is 11.8 Å². The van der Waals surface area contributed by atoms with Crippen LogP contribution in [0.5, 0.6) is 11.5 Å². The van der Waals surface area contributed by atoms with Crippen LogP contribution in [0.4, 0.5) is 0 Å². The molecule has 0 saturated heterocycles. The second-order valence-electron chi connectivity index (χ2n) is 6.30. The molecule has 2 aromatic carbocycles. The number of hydrogen-bond acceptors (Lipinski definition) is 4. The van der Waals surface area contributed by atoms with E-state index in [0.717, 1.165) is 27.5 Å². The van der Waals surface area contributed by atoms with E-state index in [1.807, 2.05) is 6.07 Å². The number of unbranched alkanes of at least 4 members (excludes halogenated alkanes) is 3. The minimum absolute atomic E-state index is 0.231. The molecule has 2 N–H and O–H groups in total. The average molecular weight is 528 g/mol. The van der Waals surface area contributed by atoms with Crippen molar-refractivity contribution in [2.24, 2.45) is 0 Å². The van der Waals surface area contributed by atoms with Gasteiger partial charge in [0.2, 0.25) is 0 Å². The highest BCUT2D eigenvalue weighted by atomic mass is 79.9. The van der Waals surface area contributed by atoms with Crippen molar-refractivity contribution in [3.8, 4) is 11.5 Å². The van der Waals surface area contributed by atoms with Crippen molar-refractivity contribution < 1.29 is 19.1 Å². The van der Waals surface area contributed by atoms with Crippen LogP contribution < -0.4 is 20.3 Å². The number of nitrogens with one attached hydrogen (secondary N) is 2. The maximum Gasteiger partial charge on any atom is 0.276 e. The number of hydrogen-bond donors (Lipinski definition) is 2. The first-order valence-corrected chi connectivity index (χ1v) is 11.0. The molecule has 2 amide bonds. The summed E-state index contributed by atoms with van der Waals surface area (Å²) in [5.74, 6) is 0.355. The fourth-order valence-electron chi connectivity index (χ4n) is 2.39. The van der Waals surface area contributed by atoms with Crippen molar-refractivity contribution in [1.29, 1.82) is 0 Å². The first-order chi connectivity index (χ1) is 14.0. The third-order valence-electron chi connectivity index (χ3n) is 3.95. The minimum atomic E-state index is -0.472. The van der Waals surface area contributed by atoms with Gasteiger partial charge >= 0.3 is 0 Å². The zero-order chi connectivity index (χ0) is 21.1. The molecule has 0 fully saturated rings. The summed E-state index contributed by atoms with van der Waals surface area (Å²) in [6.45, 7) is 2.60. The fraction of sp³-hybridized carbons (Fsp3) is 0.333. The third-order valence-corrected chi connectivity index (χ3v) is 5.06. The molecule has 0 unspecified atom stereocenters. The van der Waals surface area contributed by atoms with Crippen LogP contribution in [0.15, 0.2) is 51.4 Å². The number of carbonyl (C=O) groups is 2. The summed E-state index contributed by atoms with van der Waals surface area (Å²) in [6.07, 6.45) is 4.56. The van der Waals surface area contributed by atoms with Crippen LogP contribution in [0.2, 0.25) is 0 Å². The van der Waals surface area contributed by atoms with Crippen LogP contribution >= 0.6 is 31.9 Å². The molecular formula is C21H24Br2N2O4. The molecule has 2 rings (SSSR count). The Kier molecular flexibility index (Phi) is 10.0. The standard InChI is InChI=1S/C21H24Br2N2O4/c1-2-3-4-5-12-28-17-9-6-15(7-10-17)21(27)25-24-20(26)14-29-19-11-8-16(22)13-18(19)23/h6-11,13H,2-5,12,14H2,1H3,(H,24,26)(H,25,27). The van der Waals surface area contributed by atoms with E-state index in [1.54, 1.807) is 36.4 Å². The zero-order valence-electron chi connectivity index (χ0n) is 16.2. The van der Waals surface area contributed by atoms with Gasteiger partial charge in [-0.1, -0.05) is 42.1 Å². The number of benzene rings is 2. The summed E-state index contributed by atoms with van der Waals surface area (Å²) >= 11 is 6.70. The monoisotopic (exact) mass is 526 g/mol. The largest absolute Gasteiger partial charge is 0.494 e. The van der Waals surface area contributed by atoms with Gasteiger partial charge in [0.15, 0.2) is 6.61 Å². The van der Waals surface area contributed by atoms with Crippen LogP contribution in [0.1, 0.15) is 43.0 Å². The lowest BCUT2D eigenvalue weighted by Crippen LogP contribution is -2.43. The van der Waals surface area contributed by atoms with Crippen molar-refractivity contribution in [2.75, 3.05) is 13.2 Å². The summed E-state index contributed by atoms with van der Waals surface area (Å²) in [4.78, 5) is 24.0. The Morgan fingerprint density at radius 1 is 0.931 bits per heavy atom. The predicted octanol–water partition coefficient (Wildman–Crippen LogP) is 5.01. The summed E-state index contributed by atoms with van der Waals surface area (Å²) in [7, 11) is 0. The van der Waals surface area contributed by atoms with Crippen LogP contribution in [-0.4, -0.2) is 25.0 Å². The molecular weight excluding hydrogens is 504 g/mol. The Balaban J connectivity index is 1.71. The van der Waals surface area contributed by atoms with Gasteiger partial charge in [0.1, 0.15) is 11.5 Å². The Morgan fingerprint density at radius 3 is 2.38 bits per heavy atom. The molecule has 0 saturated carbocycles. The number of hydrazine groups is 1. The molecule has 0 bridgehead atoms. The van der Waals surface area contributed by atoms with Crippen LogP contribution in [0, 0.1) is 0 Å². The molecule has 0 heterocycles. The molecule has 0 aromatic heterocycles. The topological polar surface area (TPSA) is 76.7 Å². The maximum absolute atomic E-state index is 12.1. The highest BCUT2D eigenvalue weighted by molar-refractivity contribution is 9.11. The van der Waals surface area contributed by atoms with Crippen molar-refractivity contribution in [3.63, 3.8) is 0 Å². The number of rotatable bonds is 10. The predicted molar refractivity (Wildman–Crippen MR) is 119 cm³/mol. The van der Waals surface area contributed by atoms with E-state index in [1.165, 1.54) is 12.8 Å². The van der Waals surface area contributed by atoms with Crippen LogP contribution in [0.25, 0.3) is 0 Å². The van der Waals surface area contributed by atoms with Crippen LogP contribution in [-0.2, 0) is 4.79 Å². The van der Waals surface area contributed by atoms with Gasteiger partial charge in [-0.2, -0.15) is 0 Å². The Morgan fingerprint density at radius 2 is 1.69 bits per heavy atom. The van der Waals surface area contributed by atoms with Crippen molar-refractivity contribution in [1.82, 2.24) is 10.9 Å². The minimum Gasteiger partial charge on any atom is -0.494 e. The molecule has 0 aliphatic carbocycles. The van der Waals surface area contributed by atoms with E-state index in [9.17, 15) is 9.59 Å². The van der Waals surface area contributed by atoms with Gasteiger partial charge in [-0.15, -0.1) is 0 Å². The lowest BCUT2D eigenvalue weighted by molar-refractivity contribution is -0.123. The van der Waals surface area contributed by atoms with Gasteiger partial charge < -0.3 is 9.47 Å². The van der Waals surface area contributed by atoms with Gasteiger partial charge in [0.05, 0.1) is 11.1 Å². The first-order valence-electron chi connectivity index (χ1n) is 9.39. The fourth-order valence-corrected chi connectivity index (χ4v) is 3.55. The van der Waals surface area contributed by atoms with Gasteiger partial charge in [0, 0.05) is 10.0 Å². The van der Waals surface area contributed by atoms with E-state index in [4.69, 9.17) is 9.47 Å². The molecule has 0 spiro atoms. The summed E-state index contributed by atoms with van der Waals surface area (Å²) in [5, 5.41) is 0. The van der Waals surface area contributed by atoms with Gasteiger partial charge in [-0.3, -0.25) is 20.4 Å². The smallest absolute Gasteiger partial charge is 0.276 e. The second kappa shape index (κ2) is 12.5. The van der Waals surface area contributed by atoms with E-state index in [-0.39, 0.29) is 6.61 Å². The van der Waals surface area contributed by atoms with E-state index in [2.05, 4.69) is 49.6 Å². The number of carbonyl (C=O) groups excluding carboxylic acids is 2. The number of ether oxygens (including phenoxy) is 2. The molecule has 0 aliphatic rings. The molecule has 6 nitrogen and oxygen atoms in total. The highest BCUT2D eigenvalue weighted by Crippen LogP contribution is 2.28. The Labute approximate surface area is 187 Å². The normalized spacial score (nSPS) is 10.3. The van der Waals surface area contributed by atoms with Crippen LogP contribution in [0.3, 0.4) is 0 Å². The number of halogens is 2. The Bertz CT molecular complexity index is 813. The third kappa shape index (κ3) is 8.45. The second-order valence-corrected chi connectivity index (χ2v) is 8.07. The van der Waals surface area contributed by atoms with Gasteiger partial charge in [0.25, 0.3) is 11.8 Å². The van der Waals surface area contributed by atoms with E-state index >= 15 is 0 Å². The quantitative estimate of drug-likeness (QED) is 0.336. The lowest BCUT2D eigenvalue weighted by Gasteiger charge is -2.10. The van der Waals surface area contributed by atoms with Gasteiger partial charge in [-0.05, 0) is 64.8 Å². The maximum atomic E-state index is 12.1. The molecule has 0 aliphatic heterocycles. The summed E-state index contributed by atoms with van der Waals surface area (Å²) in [5.41, 5.74) is 5.11. The first kappa shape index (κ1) is 23.2. The molecule has 29 heavy (non-hydrogen) atoms. The SMILES string of the molecule is CCCCCCOc1ccc(C(=O)NNC(=O)COc2ccc(Br)cc2Br)cc1. The summed E-state index contributed by atoms with van der Waals surface area (Å²) < 4.78 is 12.7. The molecule has 156 valence electrons. The summed E-state index contributed by atoms with van der Waals surface area (Å²) in [6, 6.07) is 12.1.